The Morgan fingerprint density at radius 3 is 2.75 bits per heavy atom. The van der Waals surface area contributed by atoms with Gasteiger partial charge in [-0.25, -0.2) is 4.98 Å². The zero-order chi connectivity index (χ0) is 11.5. The van der Waals surface area contributed by atoms with Crippen LogP contribution >= 0.6 is 50.9 Å². The second-order valence-corrected chi connectivity index (χ2v) is 5.41. The third-order valence-corrected chi connectivity index (χ3v) is 3.59. The molecule has 0 aliphatic rings. The Morgan fingerprint density at radius 2 is 2.00 bits per heavy atom. The first-order chi connectivity index (χ1) is 7.65. The average molecular weight is 337 g/mol. The van der Waals surface area contributed by atoms with Gasteiger partial charge in [-0.3, -0.25) is 0 Å². The Bertz CT molecular complexity index is 524. The largest absolute Gasteiger partial charge is 0.244 e. The highest BCUT2D eigenvalue weighted by atomic mass is 79.9. The van der Waals surface area contributed by atoms with Gasteiger partial charge in [-0.1, -0.05) is 45.4 Å². The maximum absolute atomic E-state index is 5.86. The molecule has 0 N–H and O–H groups in total. The summed E-state index contributed by atoms with van der Waals surface area (Å²) in [5, 5.41) is 8.11. The van der Waals surface area contributed by atoms with Crippen molar-refractivity contribution in [2.45, 2.75) is 9.92 Å². The van der Waals surface area contributed by atoms with Crippen LogP contribution in [0.4, 0.5) is 0 Å². The maximum Gasteiger partial charge on any atom is 0.244 e. The lowest BCUT2D eigenvalue weighted by Gasteiger charge is -2.02. The highest BCUT2D eigenvalue weighted by Gasteiger charge is 2.08. The maximum atomic E-state index is 5.86. The quantitative estimate of drug-likeness (QED) is 0.827. The second-order valence-electron chi connectivity index (χ2n) is 2.74. The highest BCUT2D eigenvalue weighted by molar-refractivity contribution is 9.10. The molecule has 0 unspecified atom stereocenters. The SMILES string of the molecule is Clc1nnc(Cl)c(Sc2cccc(Br)c2)n1. The van der Waals surface area contributed by atoms with E-state index in [0.717, 1.165) is 9.37 Å². The number of rotatable bonds is 2. The number of halogens is 3. The molecule has 2 aromatic rings. The summed E-state index contributed by atoms with van der Waals surface area (Å²) in [6, 6.07) is 7.77. The molecule has 0 spiro atoms. The Labute approximate surface area is 115 Å². The van der Waals surface area contributed by atoms with Crippen LogP contribution in [-0.2, 0) is 0 Å². The van der Waals surface area contributed by atoms with E-state index in [0.29, 0.717) is 5.03 Å². The van der Waals surface area contributed by atoms with E-state index >= 15 is 0 Å². The van der Waals surface area contributed by atoms with Gasteiger partial charge in [0.1, 0.15) is 5.03 Å². The molecular formula is C9H4BrCl2N3S. The van der Waals surface area contributed by atoms with Crippen LogP contribution in [0.1, 0.15) is 0 Å². The van der Waals surface area contributed by atoms with Crippen molar-refractivity contribution in [3.63, 3.8) is 0 Å². The number of benzene rings is 1. The molecule has 3 nitrogen and oxygen atoms in total. The van der Waals surface area contributed by atoms with E-state index in [1.165, 1.54) is 11.8 Å². The van der Waals surface area contributed by atoms with E-state index < -0.39 is 0 Å². The van der Waals surface area contributed by atoms with E-state index in [1.807, 2.05) is 24.3 Å². The van der Waals surface area contributed by atoms with E-state index in [-0.39, 0.29) is 10.4 Å². The zero-order valence-corrected chi connectivity index (χ0v) is 11.6. The standard InChI is InChI=1S/C9H4BrCl2N3S/c10-5-2-1-3-6(4-5)16-8-7(11)14-15-9(12)13-8/h1-4H. The van der Waals surface area contributed by atoms with Crippen LogP contribution in [0, 0.1) is 0 Å². The van der Waals surface area contributed by atoms with Crippen LogP contribution in [0.3, 0.4) is 0 Å². The highest BCUT2D eigenvalue weighted by Crippen LogP contribution is 2.31. The van der Waals surface area contributed by atoms with E-state index in [2.05, 4.69) is 31.1 Å². The summed E-state index contributed by atoms with van der Waals surface area (Å²) < 4.78 is 0.988. The van der Waals surface area contributed by atoms with E-state index in [4.69, 9.17) is 23.2 Å². The summed E-state index contributed by atoms with van der Waals surface area (Å²) in [5.74, 6) is 0. The van der Waals surface area contributed by atoms with Crippen molar-refractivity contribution < 1.29 is 0 Å². The van der Waals surface area contributed by atoms with Crippen molar-refractivity contribution in [2.24, 2.45) is 0 Å². The minimum Gasteiger partial charge on any atom is -0.206 e. The fourth-order valence-corrected chi connectivity index (χ4v) is 2.72. The lowest BCUT2D eigenvalue weighted by atomic mass is 10.4. The van der Waals surface area contributed by atoms with Crippen LogP contribution in [0.2, 0.25) is 10.4 Å². The molecule has 7 heteroatoms. The Balaban J connectivity index is 2.30. The van der Waals surface area contributed by atoms with E-state index in [9.17, 15) is 0 Å². The number of aromatic nitrogens is 3. The summed E-state index contributed by atoms with van der Waals surface area (Å²) in [7, 11) is 0. The predicted octanol–water partition coefficient (Wildman–Crippen LogP) is 4.09. The fraction of sp³-hybridized carbons (Fsp3) is 0. The summed E-state index contributed by atoms with van der Waals surface area (Å²) in [6.45, 7) is 0. The van der Waals surface area contributed by atoms with Crippen molar-refractivity contribution in [1.29, 1.82) is 0 Å². The summed E-state index contributed by atoms with van der Waals surface area (Å²) in [4.78, 5) is 5.00. The lowest BCUT2D eigenvalue weighted by molar-refractivity contribution is 0.904. The zero-order valence-electron chi connectivity index (χ0n) is 7.69. The summed E-state index contributed by atoms with van der Waals surface area (Å²) in [5.41, 5.74) is 0. The topological polar surface area (TPSA) is 38.7 Å². The molecule has 1 heterocycles. The van der Waals surface area contributed by atoms with Crippen LogP contribution in [-0.4, -0.2) is 15.2 Å². The van der Waals surface area contributed by atoms with Gasteiger partial charge in [-0.2, -0.15) is 0 Å². The van der Waals surface area contributed by atoms with Gasteiger partial charge < -0.3 is 0 Å². The van der Waals surface area contributed by atoms with Crippen LogP contribution in [0.5, 0.6) is 0 Å². The molecule has 2 rings (SSSR count). The minimum atomic E-state index is 0.0851. The van der Waals surface area contributed by atoms with Gasteiger partial charge in [0, 0.05) is 9.37 Å². The Morgan fingerprint density at radius 1 is 1.19 bits per heavy atom. The third kappa shape index (κ3) is 3.07. The predicted molar refractivity (Wildman–Crippen MR) is 68.1 cm³/mol. The molecule has 0 atom stereocenters. The van der Waals surface area contributed by atoms with Gasteiger partial charge in [0.05, 0.1) is 0 Å². The monoisotopic (exact) mass is 335 g/mol. The van der Waals surface area contributed by atoms with Gasteiger partial charge in [-0.15, -0.1) is 10.2 Å². The minimum absolute atomic E-state index is 0.0851. The van der Waals surface area contributed by atoms with Crippen molar-refractivity contribution in [3.8, 4) is 0 Å². The van der Waals surface area contributed by atoms with Gasteiger partial charge in [0.25, 0.3) is 0 Å². The number of nitrogens with zero attached hydrogens (tertiary/aromatic N) is 3. The first kappa shape index (κ1) is 12.1. The van der Waals surface area contributed by atoms with Crippen LogP contribution in [0.25, 0.3) is 0 Å². The molecule has 0 saturated carbocycles. The molecule has 1 aromatic carbocycles. The number of hydrogen-bond acceptors (Lipinski definition) is 4. The van der Waals surface area contributed by atoms with Gasteiger partial charge in [0.2, 0.25) is 5.28 Å². The molecular weight excluding hydrogens is 333 g/mol. The molecule has 16 heavy (non-hydrogen) atoms. The summed E-state index contributed by atoms with van der Waals surface area (Å²) >= 11 is 16.3. The normalized spacial score (nSPS) is 10.4. The van der Waals surface area contributed by atoms with Gasteiger partial charge in [0.15, 0.2) is 5.15 Å². The molecule has 82 valence electrons. The fourth-order valence-electron chi connectivity index (χ4n) is 0.987. The Kier molecular flexibility index (Phi) is 4.02. The molecule has 0 bridgehead atoms. The van der Waals surface area contributed by atoms with Crippen molar-refractivity contribution >= 4 is 50.9 Å². The van der Waals surface area contributed by atoms with Crippen molar-refractivity contribution in [3.05, 3.63) is 39.2 Å². The average Bonchev–Trinajstić information content (AvgIpc) is 2.24. The van der Waals surface area contributed by atoms with Crippen molar-refractivity contribution in [1.82, 2.24) is 15.2 Å². The lowest BCUT2D eigenvalue weighted by Crippen LogP contribution is -1.91. The van der Waals surface area contributed by atoms with Gasteiger partial charge >= 0.3 is 0 Å². The third-order valence-electron chi connectivity index (χ3n) is 1.60. The smallest absolute Gasteiger partial charge is 0.206 e. The summed E-state index contributed by atoms with van der Waals surface area (Å²) in [6.07, 6.45) is 0. The first-order valence-corrected chi connectivity index (χ1v) is 6.51. The first-order valence-electron chi connectivity index (χ1n) is 4.14. The Hall–Kier alpha value is -0.360. The van der Waals surface area contributed by atoms with Crippen molar-refractivity contribution in [2.75, 3.05) is 0 Å². The number of hydrogen-bond donors (Lipinski definition) is 0. The molecule has 0 aliphatic heterocycles. The molecule has 1 aromatic heterocycles. The molecule has 0 radical (unpaired) electrons. The van der Waals surface area contributed by atoms with Gasteiger partial charge in [-0.05, 0) is 29.8 Å². The van der Waals surface area contributed by atoms with Crippen LogP contribution in [0.15, 0.2) is 38.7 Å². The van der Waals surface area contributed by atoms with Crippen LogP contribution < -0.4 is 0 Å². The van der Waals surface area contributed by atoms with E-state index in [1.54, 1.807) is 0 Å². The second kappa shape index (κ2) is 5.31. The molecule has 0 saturated heterocycles. The molecule has 0 amide bonds. The molecule has 0 aliphatic carbocycles. The molecule has 0 fully saturated rings.